The van der Waals surface area contributed by atoms with Gasteiger partial charge in [-0.1, -0.05) is 62.7 Å². The van der Waals surface area contributed by atoms with Gasteiger partial charge in [-0.05, 0) is 23.8 Å². The number of carbonyl (C=O) groups excluding carboxylic acids is 2. The number of hydrogen-bond acceptors (Lipinski definition) is 4. The first kappa shape index (κ1) is 23.3. The predicted octanol–water partition coefficient (Wildman–Crippen LogP) is 4.13. The second-order valence-corrected chi connectivity index (χ2v) is 9.05. The van der Waals surface area contributed by atoms with Crippen molar-refractivity contribution in [1.29, 1.82) is 0 Å². The van der Waals surface area contributed by atoms with Crippen LogP contribution in [0, 0.1) is 5.41 Å². The summed E-state index contributed by atoms with van der Waals surface area (Å²) >= 11 is 6.48. The number of anilines is 1. The second kappa shape index (κ2) is 10.3. The van der Waals surface area contributed by atoms with Crippen molar-refractivity contribution < 1.29 is 14.3 Å². The fraction of sp³-hybridized carbons (Fsp3) is 0.417. The number of hydrogen-bond donors (Lipinski definition) is 2. The molecule has 1 atom stereocenters. The van der Waals surface area contributed by atoms with Crippen molar-refractivity contribution in [2.75, 3.05) is 38.2 Å². The predicted molar refractivity (Wildman–Crippen MR) is 123 cm³/mol. The Kier molecular flexibility index (Phi) is 7.70. The maximum atomic E-state index is 13.1. The van der Waals surface area contributed by atoms with Crippen molar-refractivity contribution >= 4 is 29.1 Å². The molecule has 1 aliphatic heterocycles. The molecule has 7 heteroatoms. The van der Waals surface area contributed by atoms with E-state index in [-0.39, 0.29) is 17.9 Å². The van der Waals surface area contributed by atoms with Gasteiger partial charge in [0, 0.05) is 30.1 Å². The molecule has 0 aromatic heterocycles. The number of carbonyl (C=O) groups is 2. The fourth-order valence-corrected chi connectivity index (χ4v) is 3.72. The molecule has 1 fully saturated rings. The fourth-order valence-electron chi connectivity index (χ4n) is 3.45. The first-order valence-corrected chi connectivity index (χ1v) is 10.9. The molecule has 1 unspecified atom stereocenters. The molecule has 0 radical (unpaired) electrons. The Morgan fingerprint density at radius 3 is 2.39 bits per heavy atom. The number of benzene rings is 2. The number of nitrogens with one attached hydrogen (secondary N) is 2. The maximum Gasteiger partial charge on any atom is 0.253 e. The van der Waals surface area contributed by atoms with E-state index in [2.05, 4.69) is 15.5 Å². The standard InChI is InChI=1S/C24H30ClN3O3/c1-24(2,3)23(30)27-20-11-7-5-9-18(20)22(29)26-16-21(28-12-14-31-15-13-28)17-8-4-6-10-19(17)25/h4-11,21H,12-16H2,1-3H3,(H,26,29)(H,27,30). The minimum atomic E-state index is -0.560. The smallest absolute Gasteiger partial charge is 0.253 e. The highest BCUT2D eigenvalue weighted by atomic mass is 35.5. The molecule has 2 aromatic carbocycles. The van der Waals surface area contributed by atoms with Gasteiger partial charge in [0.1, 0.15) is 0 Å². The third-order valence-corrected chi connectivity index (χ3v) is 5.65. The van der Waals surface area contributed by atoms with Crippen LogP contribution in [0.3, 0.4) is 0 Å². The van der Waals surface area contributed by atoms with Crippen LogP contribution >= 0.6 is 11.6 Å². The highest BCUT2D eigenvalue weighted by Crippen LogP contribution is 2.28. The summed E-state index contributed by atoms with van der Waals surface area (Å²) < 4.78 is 5.49. The first-order chi connectivity index (χ1) is 14.8. The van der Waals surface area contributed by atoms with Gasteiger partial charge >= 0.3 is 0 Å². The molecule has 0 saturated carbocycles. The molecule has 2 N–H and O–H groups in total. The van der Waals surface area contributed by atoms with Crippen LogP contribution in [0.1, 0.15) is 42.7 Å². The number of amides is 2. The van der Waals surface area contributed by atoms with Gasteiger partial charge in [0.05, 0.1) is 30.5 Å². The van der Waals surface area contributed by atoms with E-state index in [4.69, 9.17) is 16.3 Å². The first-order valence-electron chi connectivity index (χ1n) is 10.5. The zero-order valence-electron chi connectivity index (χ0n) is 18.3. The zero-order chi connectivity index (χ0) is 22.4. The zero-order valence-corrected chi connectivity index (χ0v) is 19.0. The van der Waals surface area contributed by atoms with Gasteiger partial charge in [-0.15, -0.1) is 0 Å². The van der Waals surface area contributed by atoms with Crippen LogP contribution in [0.15, 0.2) is 48.5 Å². The lowest BCUT2D eigenvalue weighted by Crippen LogP contribution is -2.44. The lowest BCUT2D eigenvalue weighted by Gasteiger charge is -2.35. The summed E-state index contributed by atoms with van der Waals surface area (Å²) in [6.45, 7) is 8.73. The number of morpholine rings is 1. The monoisotopic (exact) mass is 443 g/mol. The van der Waals surface area contributed by atoms with Crippen molar-refractivity contribution in [3.05, 3.63) is 64.7 Å². The topological polar surface area (TPSA) is 70.7 Å². The number of rotatable bonds is 6. The summed E-state index contributed by atoms with van der Waals surface area (Å²) in [5.74, 6) is -0.384. The minimum absolute atomic E-state index is 0.0714. The molecule has 1 saturated heterocycles. The quantitative estimate of drug-likeness (QED) is 0.704. The summed E-state index contributed by atoms with van der Waals surface area (Å²) in [7, 11) is 0. The van der Waals surface area contributed by atoms with E-state index in [0.29, 0.717) is 36.0 Å². The molecule has 1 heterocycles. The number of para-hydroxylation sites is 1. The molecule has 2 aromatic rings. The molecule has 3 rings (SSSR count). The number of halogens is 1. The molecule has 0 bridgehead atoms. The van der Waals surface area contributed by atoms with Crippen LogP contribution in [0.4, 0.5) is 5.69 Å². The number of ether oxygens (including phenoxy) is 1. The van der Waals surface area contributed by atoms with Gasteiger partial charge in [-0.3, -0.25) is 14.5 Å². The summed E-state index contributed by atoms with van der Waals surface area (Å²) in [4.78, 5) is 27.8. The summed E-state index contributed by atoms with van der Waals surface area (Å²) in [5, 5.41) is 6.59. The minimum Gasteiger partial charge on any atom is -0.379 e. The van der Waals surface area contributed by atoms with Gasteiger partial charge in [0.25, 0.3) is 5.91 Å². The van der Waals surface area contributed by atoms with E-state index in [1.54, 1.807) is 24.3 Å². The van der Waals surface area contributed by atoms with E-state index in [9.17, 15) is 9.59 Å². The molecular weight excluding hydrogens is 414 g/mol. The molecule has 6 nitrogen and oxygen atoms in total. The summed E-state index contributed by atoms with van der Waals surface area (Å²) in [6.07, 6.45) is 0. The summed E-state index contributed by atoms with van der Waals surface area (Å²) in [6, 6.07) is 14.7. The third-order valence-electron chi connectivity index (χ3n) is 5.31. The Labute approximate surface area is 188 Å². The second-order valence-electron chi connectivity index (χ2n) is 8.65. The van der Waals surface area contributed by atoms with Crippen LogP contribution in [0.25, 0.3) is 0 Å². The Bertz CT molecular complexity index is 920. The van der Waals surface area contributed by atoms with E-state index >= 15 is 0 Å². The number of nitrogens with zero attached hydrogens (tertiary/aromatic N) is 1. The lowest BCUT2D eigenvalue weighted by atomic mass is 9.95. The van der Waals surface area contributed by atoms with Crippen molar-refractivity contribution in [3.8, 4) is 0 Å². The molecule has 0 spiro atoms. The maximum absolute atomic E-state index is 13.1. The average Bonchev–Trinajstić information content (AvgIpc) is 2.75. The van der Waals surface area contributed by atoms with Crippen molar-refractivity contribution in [2.24, 2.45) is 5.41 Å². The Hall–Kier alpha value is -2.41. The van der Waals surface area contributed by atoms with Crippen LogP contribution in [0.5, 0.6) is 0 Å². The van der Waals surface area contributed by atoms with E-state index in [1.165, 1.54) is 0 Å². The Morgan fingerprint density at radius 1 is 1.06 bits per heavy atom. The Morgan fingerprint density at radius 2 is 1.71 bits per heavy atom. The van der Waals surface area contributed by atoms with Gasteiger partial charge in [0.15, 0.2) is 0 Å². The molecular formula is C24H30ClN3O3. The van der Waals surface area contributed by atoms with Gasteiger partial charge in [-0.2, -0.15) is 0 Å². The van der Waals surface area contributed by atoms with Crippen molar-refractivity contribution in [3.63, 3.8) is 0 Å². The van der Waals surface area contributed by atoms with Gasteiger partial charge in [-0.25, -0.2) is 0 Å². The largest absolute Gasteiger partial charge is 0.379 e. The van der Waals surface area contributed by atoms with Gasteiger partial charge in [0.2, 0.25) is 5.91 Å². The molecule has 2 amide bonds. The van der Waals surface area contributed by atoms with Crippen LogP contribution in [0.2, 0.25) is 5.02 Å². The van der Waals surface area contributed by atoms with Crippen molar-refractivity contribution in [1.82, 2.24) is 10.2 Å². The normalized spacial score (nSPS) is 15.9. The SMILES string of the molecule is CC(C)(C)C(=O)Nc1ccccc1C(=O)NCC(c1ccccc1Cl)N1CCOCC1. The average molecular weight is 444 g/mol. The highest BCUT2D eigenvalue weighted by molar-refractivity contribution is 6.31. The van der Waals surface area contributed by atoms with Crippen LogP contribution < -0.4 is 10.6 Å². The lowest BCUT2D eigenvalue weighted by molar-refractivity contribution is -0.123. The highest BCUT2D eigenvalue weighted by Gasteiger charge is 2.26. The molecule has 31 heavy (non-hydrogen) atoms. The third kappa shape index (κ3) is 6.06. The molecule has 1 aliphatic rings. The molecule has 166 valence electrons. The van der Waals surface area contributed by atoms with Crippen molar-refractivity contribution in [2.45, 2.75) is 26.8 Å². The van der Waals surface area contributed by atoms with E-state index in [0.717, 1.165) is 18.7 Å². The van der Waals surface area contributed by atoms with Crippen LogP contribution in [-0.2, 0) is 9.53 Å². The van der Waals surface area contributed by atoms with Gasteiger partial charge < -0.3 is 15.4 Å². The van der Waals surface area contributed by atoms with E-state index in [1.807, 2.05) is 45.0 Å². The molecule has 0 aliphatic carbocycles. The summed E-state index contributed by atoms with van der Waals surface area (Å²) in [5.41, 5.74) is 1.34. The Balaban J connectivity index is 1.77. The van der Waals surface area contributed by atoms with E-state index < -0.39 is 5.41 Å². The van der Waals surface area contributed by atoms with Crippen LogP contribution in [-0.4, -0.2) is 49.6 Å².